The number of nitro benzene ring substituents is 1. The fourth-order valence-corrected chi connectivity index (χ4v) is 4.32. The van der Waals surface area contributed by atoms with Gasteiger partial charge in [0.05, 0.1) is 23.8 Å². The van der Waals surface area contributed by atoms with Gasteiger partial charge in [0.25, 0.3) is 5.69 Å². The van der Waals surface area contributed by atoms with E-state index in [9.17, 15) is 19.7 Å². The van der Waals surface area contributed by atoms with Crippen molar-refractivity contribution < 1.29 is 19.2 Å². The van der Waals surface area contributed by atoms with Crippen LogP contribution in [0.25, 0.3) is 0 Å². The zero-order valence-corrected chi connectivity index (χ0v) is 19.7. The fraction of sp³-hybridized carbons (Fsp3) is 0.292. The van der Waals surface area contributed by atoms with E-state index in [0.717, 1.165) is 28.2 Å². The zero-order valence-electron chi connectivity index (χ0n) is 18.9. The first kappa shape index (κ1) is 24.8. The molecule has 1 heterocycles. The number of hydrogen-bond acceptors (Lipinski definition) is 7. The first-order valence-corrected chi connectivity index (χ1v) is 11.6. The van der Waals surface area contributed by atoms with Gasteiger partial charge in [-0.15, -0.1) is 11.3 Å². The van der Waals surface area contributed by atoms with Gasteiger partial charge in [0.1, 0.15) is 11.0 Å². The molecule has 0 aliphatic heterocycles. The number of non-ortho nitro benzene ring substituents is 1. The van der Waals surface area contributed by atoms with Crippen LogP contribution in [0, 0.1) is 10.1 Å². The molecule has 9 nitrogen and oxygen atoms in total. The number of aromatic nitrogens is 1. The molecule has 2 unspecified atom stereocenters. The Morgan fingerprint density at radius 1 is 1.06 bits per heavy atom. The topological polar surface area (TPSA) is 123 Å². The van der Waals surface area contributed by atoms with E-state index in [2.05, 4.69) is 15.6 Å². The van der Waals surface area contributed by atoms with Crippen LogP contribution in [-0.4, -0.2) is 35.1 Å². The lowest BCUT2D eigenvalue weighted by Crippen LogP contribution is -2.49. The van der Waals surface area contributed by atoms with E-state index in [-0.39, 0.29) is 18.0 Å². The monoisotopic (exact) mass is 482 g/mol. The molecular formula is C24H26N4O5S. The van der Waals surface area contributed by atoms with Gasteiger partial charge >= 0.3 is 6.09 Å². The number of hydrogen-bond donors (Lipinski definition) is 2. The molecule has 0 spiro atoms. The molecule has 3 rings (SSSR count). The van der Waals surface area contributed by atoms with Gasteiger partial charge in [0.2, 0.25) is 5.91 Å². The first-order chi connectivity index (χ1) is 16.4. The summed E-state index contributed by atoms with van der Waals surface area (Å²) in [6.07, 6.45) is 0.723. The smallest absolute Gasteiger partial charge is 0.407 e. The van der Waals surface area contributed by atoms with Crippen LogP contribution in [0.2, 0.25) is 0 Å². The number of aryl methyl sites for hydroxylation is 1. The third-order valence-electron chi connectivity index (χ3n) is 5.21. The van der Waals surface area contributed by atoms with Crippen LogP contribution in [0.4, 0.5) is 10.5 Å². The number of nitrogens with zero attached hydrogens (tertiary/aromatic N) is 2. The number of alkyl carbamates (subject to hydrolysis) is 1. The van der Waals surface area contributed by atoms with Crippen LogP contribution in [0.3, 0.4) is 0 Å². The SMILES string of the molecule is CCc1csc(C(Cc2ccc([N+](=O)[O-])cc2)NC(=O)C(Cc2ccccc2)NC(=O)OC)n1. The van der Waals surface area contributed by atoms with Crippen molar-refractivity contribution in [1.29, 1.82) is 0 Å². The van der Waals surface area contributed by atoms with Gasteiger partial charge in [0.15, 0.2) is 0 Å². The Hall–Kier alpha value is -3.79. The lowest BCUT2D eigenvalue weighted by molar-refractivity contribution is -0.384. The highest BCUT2D eigenvalue weighted by molar-refractivity contribution is 7.09. The third-order valence-corrected chi connectivity index (χ3v) is 6.22. The zero-order chi connectivity index (χ0) is 24.5. The summed E-state index contributed by atoms with van der Waals surface area (Å²) < 4.78 is 4.71. The predicted octanol–water partition coefficient (Wildman–Crippen LogP) is 3.98. The van der Waals surface area contributed by atoms with E-state index < -0.39 is 23.1 Å². The van der Waals surface area contributed by atoms with Crippen molar-refractivity contribution in [1.82, 2.24) is 15.6 Å². The van der Waals surface area contributed by atoms with Gasteiger partial charge in [-0.25, -0.2) is 9.78 Å². The van der Waals surface area contributed by atoms with Crippen molar-refractivity contribution in [3.8, 4) is 0 Å². The van der Waals surface area contributed by atoms with Crippen LogP contribution in [0.5, 0.6) is 0 Å². The maximum Gasteiger partial charge on any atom is 0.407 e. The maximum atomic E-state index is 13.3. The van der Waals surface area contributed by atoms with Crippen LogP contribution in [-0.2, 0) is 28.8 Å². The van der Waals surface area contributed by atoms with E-state index in [1.807, 2.05) is 42.6 Å². The molecule has 2 aromatic carbocycles. The first-order valence-electron chi connectivity index (χ1n) is 10.8. The molecule has 178 valence electrons. The number of rotatable bonds is 10. The average Bonchev–Trinajstić information content (AvgIpc) is 3.33. The second-order valence-corrected chi connectivity index (χ2v) is 8.49. The predicted molar refractivity (Wildman–Crippen MR) is 129 cm³/mol. The molecule has 34 heavy (non-hydrogen) atoms. The Kier molecular flexibility index (Phi) is 8.69. The minimum Gasteiger partial charge on any atom is -0.453 e. The normalized spacial score (nSPS) is 12.4. The number of nitrogens with one attached hydrogen (secondary N) is 2. The molecule has 0 aliphatic carbocycles. The molecule has 2 N–H and O–H groups in total. The minimum absolute atomic E-state index is 0.00273. The van der Waals surface area contributed by atoms with Crippen molar-refractivity contribution in [2.45, 2.75) is 38.3 Å². The average molecular weight is 483 g/mol. The second-order valence-electron chi connectivity index (χ2n) is 7.60. The largest absolute Gasteiger partial charge is 0.453 e. The van der Waals surface area contributed by atoms with Gasteiger partial charge in [-0.05, 0) is 24.0 Å². The number of ether oxygens (including phenoxy) is 1. The standard InChI is InChI=1S/C24H26N4O5S/c1-3-18-15-34-23(25-18)21(14-17-9-11-19(12-10-17)28(31)32)26-22(29)20(27-24(30)33-2)13-16-7-5-4-6-8-16/h4-12,15,20-21H,3,13-14H2,1-2H3,(H,26,29)(H,27,30). The Bertz CT molecular complexity index is 1120. The highest BCUT2D eigenvalue weighted by Crippen LogP contribution is 2.24. The molecule has 10 heteroatoms. The van der Waals surface area contributed by atoms with E-state index in [0.29, 0.717) is 6.42 Å². The Labute approximate surface area is 201 Å². The van der Waals surface area contributed by atoms with Crippen LogP contribution in [0.15, 0.2) is 60.0 Å². The Balaban J connectivity index is 1.83. The van der Waals surface area contributed by atoms with E-state index >= 15 is 0 Å². The van der Waals surface area contributed by atoms with Gasteiger partial charge < -0.3 is 15.4 Å². The summed E-state index contributed by atoms with van der Waals surface area (Å²) in [6, 6.07) is 14.2. The lowest BCUT2D eigenvalue weighted by atomic mass is 10.0. The minimum atomic E-state index is -0.861. The van der Waals surface area contributed by atoms with Crippen LogP contribution in [0.1, 0.15) is 34.8 Å². The Morgan fingerprint density at radius 2 is 1.74 bits per heavy atom. The fourth-order valence-electron chi connectivity index (χ4n) is 3.37. The quantitative estimate of drug-likeness (QED) is 0.333. The summed E-state index contributed by atoms with van der Waals surface area (Å²) in [6.45, 7) is 2.00. The molecule has 2 atom stereocenters. The second kappa shape index (κ2) is 11.9. The third kappa shape index (κ3) is 6.85. The van der Waals surface area contributed by atoms with Gasteiger partial charge in [-0.1, -0.05) is 49.4 Å². The number of amides is 2. The number of carbonyl (C=O) groups excluding carboxylic acids is 2. The Morgan fingerprint density at radius 3 is 2.32 bits per heavy atom. The highest BCUT2D eigenvalue weighted by Gasteiger charge is 2.26. The summed E-state index contributed by atoms with van der Waals surface area (Å²) in [5, 5.41) is 19.3. The molecule has 0 radical (unpaired) electrons. The number of nitro groups is 1. The molecular weight excluding hydrogens is 456 g/mol. The molecule has 2 amide bonds. The van der Waals surface area contributed by atoms with Crippen LogP contribution < -0.4 is 10.6 Å². The van der Waals surface area contributed by atoms with Gasteiger partial charge in [-0.3, -0.25) is 14.9 Å². The van der Waals surface area contributed by atoms with Crippen molar-refractivity contribution in [3.63, 3.8) is 0 Å². The molecule has 1 aromatic heterocycles. The van der Waals surface area contributed by atoms with Crippen molar-refractivity contribution >= 4 is 29.0 Å². The number of carbonyl (C=O) groups is 2. The summed E-state index contributed by atoms with van der Waals surface area (Å²) in [5.74, 6) is -0.380. The highest BCUT2D eigenvalue weighted by atomic mass is 32.1. The summed E-state index contributed by atoms with van der Waals surface area (Å²) >= 11 is 1.44. The van der Waals surface area contributed by atoms with Crippen LogP contribution >= 0.6 is 11.3 Å². The van der Waals surface area contributed by atoms with E-state index in [1.54, 1.807) is 12.1 Å². The molecule has 0 bridgehead atoms. The summed E-state index contributed by atoms with van der Waals surface area (Å²) in [4.78, 5) is 40.4. The molecule has 0 saturated heterocycles. The van der Waals surface area contributed by atoms with Gasteiger partial charge in [-0.2, -0.15) is 0 Å². The molecule has 3 aromatic rings. The lowest BCUT2D eigenvalue weighted by Gasteiger charge is -2.22. The summed E-state index contributed by atoms with van der Waals surface area (Å²) in [5.41, 5.74) is 2.60. The van der Waals surface area contributed by atoms with Crippen molar-refractivity contribution in [2.75, 3.05) is 7.11 Å². The maximum absolute atomic E-state index is 13.3. The number of thiazole rings is 1. The molecule has 0 fully saturated rings. The molecule has 0 saturated carbocycles. The van der Waals surface area contributed by atoms with Crippen molar-refractivity contribution in [3.05, 3.63) is 91.9 Å². The summed E-state index contributed by atoms with van der Waals surface area (Å²) in [7, 11) is 1.24. The number of methoxy groups -OCH3 is 1. The molecule has 0 aliphatic rings. The van der Waals surface area contributed by atoms with E-state index in [4.69, 9.17) is 4.74 Å². The van der Waals surface area contributed by atoms with Crippen molar-refractivity contribution in [2.24, 2.45) is 0 Å². The van der Waals surface area contributed by atoms with Gasteiger partial charge in [0, 0.05) is 23.9 Å². The van der Waals surface area contributed by atoms with E-state index in [1.165, 1.54) is 30.6 Å². The number of benzene rings is 2.